The second-order valence-electron chi connectivity index (χ2n) is 6.91. The van der Waals surface area contributed by atoms with E-state index < -0.39 is 17.5 Å². The zero-order valence-corrected chi connectivity index (χ0v) is 16.3. The van der Waals surface area contributed by atoms with Crippen molar-refractivity contribution >= 4 is 0 Å². The fourth-order valence-electron chi connectivity index (χ4n) is 2.71. The van der Waals surface area contributed by atoms with Crippen LogP contribution in [0.3, 0.4) is 0 Å². The number of allylic oxidation sites excluding steroid dienone is 3. The molecule has 0 spiro atoms. The summed E-state index contributed by atoms with van der Waals surface area (Å²) in [6.07, 6.45) is 2.73. The van der Waals surface area contributed by atoms with Crippen LogP contribution in [0.25, 0.3) is 0 Å². The summed E-state index contributed by atoms with van der Waals surface area (Å²) in [4.78, 5) is 0. The van der Waals surface area contributed by atoms with Crippen LogP contribution < -0.4 is 0 Å². The van der Waals surface area contributed by atoms with Gasteiger partial charge in [-0.05, 0) is 55.2 Å². The van der Waals surface area contributed by atoms with Crippen LogP contribution in [0, 0.1) is 17.7 Å². The zero-order valence-electron chi connectivity index (χ0n) is 16.3. The summed E-state index contributed by atoms with van der Waals surface area (Å²) in [5.41, 5.74) is 0.646. The largest absolute Gasteiger partial charge is 0.508 e. The third-order valence-electron chi connectivity index (χ3n) is 4.67. The Hall–Kier alpha value is -2.17. The molecule has 0 bridgehead atoms. The van der Waals surface area contributed by atoms with Crippen LogP contribution in [0.1, 0.15) is 45.6 Å². The van der Waals surface area contributed by atoms with E-state index in [2.05, 4.69) is 13.2 Å². The Morgan fingerprint density at radius 1 is 1.11 bits per heavy atom. The highest BCUT2D eigenvalue weighted by molar-refractivity contribution is 5.33. The van der Waals surface area contributed by atoms with Crippen molar-refractivity contribution in [1.29, 1.82) is 0 Å². The second kappa shape index (κ2) is 10.9. The van der Waals surface area contributed by atoms with E-state index in [0.29, 0.717) is 18.4 Å². The smallest absolute Gasteiger partial charge is 0.200 e. The Kier molecular flexibility index (Phi) is 9.19. The predicted octanol–water partition coefficient (Wildman–Crippen LogP) is 6.77. The topological polar surface area (TPSA) is 29.5 Å². The van der Waals surface area contributed by atoms with Crippen molar-refractivity contribution in [2.24, 2.45) is 11.8 Å². The molecule has 0 saturated carbocycles. The Bertz CT molecular complexity index is 695. The van der Waals surface area contributed by atoms with Gasteiger partial charge >= 0.3 is 0 Å². The van der Waals surface area contributed by atoms with Crippen LogP contribution in [0.2, 0.25) is 0 Å². The van der Waals surface area contributed by atoms with Crippen molar-refractivity contribution in [2.45, 2.75) is 46.5 Å². The van der Waals surface area contributed by atoms with Gasteiger partial charge in [-0.1, -0.05) is 39.5 Å². The molecule has 2 nitrogen and oxygen atoms in total. The molecule has 0 aromatic heterocycles. The van der Waals surface area contributed by atoms with Crippen LogP contribution in [0.5, 0.6) is 5.75 Å². The Labute approximate surface area is 160 Å². The number of hydrogen-bond donors (Lipinski definition) is 1. The molecule has 1 rings (SSSR count). The van der Waals surface area contributed by atoms with Crippen LogP contribution in [0.15, 0.2) is 54.3 Å². The fourth-order valence-corrected chi connectivity index (χ4v) is 2.71. The minimum absolute atomic E-state index is 0.0881. The van der Waals surface area contributed by atoms with Crippen molar-refractivity contribution < 1.29 is 23.0 Å². The van der Waals surface area contributed by atoms with E-state index >= 15 is 0 Å². The molecule has 0 aliphatic heterocycles. The number of phenols is 1. The molecule has 0 saturated heterocycles. The Morgan fingerprint density at radius 2 is 1.78 bits per heavy atom. The van der Waals surface area contributed by atoms with E-state index in [0.717, 1.165) is 18.9 Å². The molecule has 1 N–H and O–H groups in total. The number of ether oxygens (including phenoxy) is 1. The number of aromatic hydroxyl groups is 1. The van der Waals surface area contributed by atoms with Crippen LogP contribution in [-0.2, 0) is 11.2 Å². The molecule has 0 amide bonds. The lowest BCUT2D eigenvalue weighted by Crippen LogP contribution is -2.06. The van der Waals surface area contributed by atoms with Gasteiger partial charge in [-0.25, -0.2) is 8.78 Å². The first-order valence-electron chi connectivity index (χ1n) is 9.21. The predicted molar refractivity (Wildman–Crippen MR) is 103 cm³/mol. The molecule has 0 radical (unpaired) electrons. The molecular formula is C22H29F3O2. The van der Waals surface area contributed by atoms with Crippen molar-refractivity contribution in [2.75, 3.05) is 6.61 Å². The van der Waals surface area contributed by atoms with E-state index in [-0.39, 0.29) is 35.5 Å². The molecule has 0 aliphatic carbocycles. The van der Waals surface area contributed by atoms with Gasteiger partial charge in [0.1, 0.15) is 11.6 Å². The molecule has 2 unspecified atom stereocenters. The van der Waals surface area contributed by atoms with E-state index in [1.165, 1.54) is 6.07 Å². The Balaban J connectivity index is 2.52. The van der Waals surface area contributed by atoms with Crippen LogP contribution in [-0.4, -0.2) is 11.7 Å². The highest BCUT2D eigenvalue weighted by Crippen LogP contribution is 2.30. The highest BCUT2D eigenvalue weighted by atomic mass is 19.2. The van der Waals surface area contributed by atoms with Gasteiger partial charge in [-0.2, -0.15) is 4.39 Å². The second-order valence-corrected chi connectivity index (χ2v) is 6.91. The quantitative estimate of drug-likeness (QED) is 0.338. The Morgan fingerprint density at radius 3 is 2.37 bits per heavy atom. The minimum atomic E-state index is -1.11. The number of hydrogen-bond acceptors (Lipinski definition) is 2. The average Bonchev–Trinajstić information content (AvgIpc) is 2.63. The van der Waals surface area contributed by atoms with Gasteiger partial charge in [-0.3, -0.25) is 0 Å². The van der Waals surface area contributed by atoms with E-state index in [1.807, 2.05) is 6.92 Å². The van der Waals surface area contributed by atoms with Gasteiger partial charge < -0.3 is 9.84 Å². The fraction of sp³-hybridized carbons (Fsp3) is 0.455. The molecule has 2 atom stereocenters. The van der Waals surface area contributed by atoms with Gasteiger partial charge in [0.2, 0.25) is 0 Å². The van der Waals surface area contributed by atoms with Crippen molar-refractivity contribution in [3.05, 3.63) is 65.7 Å². The van der Waals surface area contributed by atoms with Crippen molar-refractivity contribution in [1.82, 2.24) is 0 Å². The maximum Gasteiger partial charge on any atom is 0.200 e. The summed E-state index contributed by atoms with van der Waals surface area (Å²) >= 11 is 0. The summed E-state index contributed by atoms with van der Waals surface area (Å²) in [5.74, 6) is -2.91. The van der Waals surface area contributed by atoms with Gasteiger partial charge in [0.05, 0.1) is 6.61 Å². The van der Waals surface area contributed by atoms with Gasteiger partial charge in [0.25, 0.3) is 0 Å². The monoisotopic (exact) mass is 382 g/mol. The van der Waals surface area contributed by atoms with E-state index in [9.17, 15) is 18.3 Å². The van der Waals surface area contributed by atoms with E-state index in [4.69, 9.17) is 4.74 Å². The van der Waals surface area contributed by atoms with Gasteiger partial charge in [0, 0.05) is 6.07 Å². The average molecular weight is 382 g/mol. The molecule has 5 heteroatoms. The van der Waals surface area contributed by atoms with Gasteiger partial charge in [-0.15, -0.1) is 0 Å². The molecule has 27 heavy (non-hydrogen) atoms. The molecule has 0 heterocycles. The normalized spacial score (nSPS) is 14.3. The molecular weight excluding hydrogens is 353 g/mol. The number of aryl methyl sites for hydroxylation is 1. The zero-order chi connectivity index (χ0) is 20.6. The summed E-state index contributed by atoms with van der Waals surface area (Å²) in [7, 11) is 0. The minimum Gasteiger partial charge on any atom is -0.508 e. The third kappa shape index (κ3) is 7.16. The standard InChI is InChI=1S/C22H29F3O2/c1-6-27-17(5)22(25)21(24)16(4)15(3)9-7-14(2)8-10-18-11-12-19(26)13-20(18)23/h11-15,26H,4-10H2,1-3H3/b22-21-. The molecule has 1 aromatic rings. The SMILES string of the molecule is C=C(OCC)/C(F)=C(/F)C(=C)C(C)CCC(C)CCc1ccc(O)cc1F. The summed E-state index contributed by atoms with van der Waals surface area (Å²) in [6.45, 7) is 12.7. The maximum absolute atomic E-state index is 14.2. The summed E-state index contributed by atoms with van der Waals surface area (Å²) < 4.78 is 46.7. The number of phenolic OH excluding ortho intramolecular Hbond substituents is 1. The van der Waals surface area contributed by atoms with Crippen molar-refractivity contribution in [3.8, 4) is 5.75 Å². The molecule has 1 aromatic carbocycles. The summed E-state index contributed by atoms with van der Waals surface area (Å²) in [6, 6.07) is 4.15. The third-order valence-corrected chi connectivity index (χ3v) is 4.67. The molecule has 150 valence electrons. The number of halogens is 3. The van der Waals surface area contributed by atoms with Crippen LogP contribution >= 0.6 is 0 Å². The lowest BCUT2D eigenvalue weighted by molar-refractivity contribution is 0.223. The maximum atomic E-state index is 14.2. The first-order chi connectivity index (χ1) is 12.7. The van der Waals surface area contributed by atoms with Crippen molar-refractivity contribution in [3.63, 3.8) is 0 Å². The lowest BCUT2D eigenvalue weighted by atomic mass is 9.89. The number of benzene rings is 1. The lowest BCUT2D eigenvalue weighted by Gasteiger charge is -2.17. The summed E-state index contributed by atoms with van der Waals surface area (Å²) in [5, 5.41) is 9.24. The van der Waals surface area contributed by atoms with Crippen LogP contribution in [0.4, 0.5) is 13.2 Å². The van der Waals surface area contributed by atoms with Gasteiger partial charge in [0.15, 0.2) is 17.4 Å². The first kappa shape index (κ1) is 22.9. The molecule has 0 aliphatic rings. The number of rotatable bonds is 11. The first-order valence-corrected chi connectivity index (χ1v) is 9.21. The highest BCUT2D eigenvalue weighted by Gasteiger charge is 2.19. The molecule has 0 fully saturated rings. The van der Waals surface area contributed by atoms with E-state index in [1.54, 1.807) is 19.9 Å².